The molecule has 0 heterocycles. The van der Waals surface area contributed by atoms with Gasteiger partial charge in [0.2, 0.25) is 0 Å². The lowest BCUT2D eigenvalue weighted by atomic mass is 10.2. The van der Waals surface area contributed by atoms with E-state index >= 15 is 0 Å². The van der Waals surface area contributed by atoms with Crippen molar-refractivity contribution in [1.29, 1.82) is 5.41 Å². The third-order valence-corrected chi connectivity index (χ3v) is 3.13. The third kappa shape index (κ3) is 3.24. The highest BCUT2D eigenvalue weighted by Crippen LogP contribution is 2.33. The van der Waals surface area contributed by atoms with E-state index in [4.69, 9.17) is 27.5 Å². The van der Waals surface area contributed by atoms with Crippen LogP contribution in [0.25, 0.3) is 0 Å². The number of nitrogen functional groups attached to an aromatic ring is 1. The summed E-state index contributed by atoms with van der Waals surface area (Å²) >= 11 is 9.31. The molecule has 2 rings (SSSR count). The van der Waals surface area contributed by atoms with Gasteiger partial charge in [-0.3, -0.25) is 5.41 Å². The summed E-state index contributed by atoms with van der Waals surface area (Å²) in [5, 5.41) is 7.81. The predicted molar refractivity (Wildman–Crippen MR) is 76.6 cm³/mol. The maximum atomic E-state index is 13.1. The van der Waals surface area contributed by atoms with Gasteiger partial charge in [-0.15, -0.1) is 0 Å². The van der Waals surface area contributed by atoms with Gasteiger partial charge in [0, 0.05) is 4.47 Å². The van der Waals surface area contributed by atoms with Gasteiger partial charge in [0.15, 0.2) is 0 Å². The Morgan fingerprint density at radius 1 is 1.21 bits per heavy atom. The SMILES string of the molecule is N=C(N)c1cc(F)ccc1Oc1ccc(Br)cc1Cl. The molecule has 0 fully saturated rings. The lowest BCUT2D eigenvalue weighted by Gasteiger charge is -2.11. The first-order valence-electron chi connectivity index (χ1n) is 5.24. The van der Waals surface area contributed by atoms with Gasteiger partial charge < -0.3 is 10.5 Å². The third-order valence-electron chi connectivity index (χ3n) is 2.35. The van der Waals surface area contributed by atoms with Crippen molar-refractivity contribution in [2.75, 3.05) is 0 Å². The van der Waals surface area contributed by atoms with Crippen molar-refractivity contribution in [2.24, 2.45) is 5.73 Å². The summed E-state index contributed by atoms with van der Waals surface area (Å²) in [6, 6.07) is 8.88. The largest absolute Gasteiger partial charge is 0.455 e. The van der Waals surface area contributed by atoms with E-state index in [0.717, 1.165) is 10.5 Å². The second-order valence-electron chi connectivity index (χ2n) is 3.73. The van der Waals surface area contributed by atoms with Crippen LogP contribution in [0.3, 0.4) is 0 Å². The van der Waals surface area contributed by atoms with Gasteiger partial charge in [0.05, 0.1) is 10.6 Å². The molecule has 0 unspecified atom stereocenters. The summed E-state index contributed by atoms with van der Waals surface area (Å²) in [4.78, 5) is 0. The second kappa shape index (κ2) is 5.59. The van der Waals surface area contributed by atoms with Crippen LogP contribution in [0, 0.1) is 11.2 Å². The Bertz CT molecular complexity index is 649. The molecule has 0 radical (unpaired) electrons. The number of halogens is 3. The molecular weight excluding hydrogens is 335 g/mol. The van der Waals surface area contributed by atoms with Crippen molar-refractivity contribution < 1.29 is 9.13 Å². The molecule has 0 amide bonds. The highest BCUT2D eigenvalue weighted by Gasteiger charge is 2.11. The Balaban J connectivity index is 2.40. The second-order valence-corrected chi connectivity index (χ2v) is 5.05. The Morgan fingerprint density at radius 3 is 2.53 bits per heavy atom. The van der Waals surface area contributed by atoms with E-state index in [1.54, 1.807) is 18.2 Å². The van der Waals surface area contributed by atoms with E-state index in [1.807, 2.05) is 0 Å². The van der Waals surface area contributed by atoms with E-state index in [1.165, 1.54) is 12.1 Å². The van der Waals surface area contributed by atoms with Gasteiger partial charge in [-0.05, 0) is 36.4 Å². The minimum Gasteiger partial charge on any atom is -0.455 e. The lowest BCUT2D eigenvalue weighted by Crippen LogP contribution is -2.12. The average Bonchev–Trinajstić information content (AvgIpc) is 2.34. The van der Waals surface area contributed by atoms with Gasteiger partial charge in [-0.1, -0.05) is 27.5 Å². The van der Waals surface area contributed by atoms with Crippen LogP contribution in [0.5, 0.6) is 11.5 Å². The minimum absolute atomic E-state index is 0.180. The fourth-order valence-corrected chi connectivity index (χ4v) is 2.19. The van der Waals surface area contributed by atoms with Gasteiger partial charge in [-0.2, -0.15) is 0 Å². The number of hydrogen-bond donors (Lipinski definition) is 2. The molecule has 0 saturated carbocycles. The zero-order valence-electron chi connectivity index (χ0n) is 9.58. The van der Waals surface area contributed by atoms with Crippen LogP contribution in [0.2, 0.25) is 5.02 Å². The van der Waals surface area contributed by atoms with Crippen LogP contribution >= 0.6 is 27.5 Å². The lowest BCUT2D eigenvalue weighted by molar-refractivity contribution is 0.479. The number of nitrogens with two attached hydrogens (primary N) is 1. The molecule has 0 spiro atoms. The zero-order valence-corrected chi connectivity index (χ0v) is 11.9. The van der Waals surface area contributed by atoms with Crippen molar-refractivity contribution in [1.82, 2.24) is 0 Å². The van der Waals surface area contributed by atoms with Crippen molar-refractivity contribution in [3.63, 3.8) is 0 Å². The quantitative estimate of drug-likeness (QED) is 0.644. The number of benzene rings is 2. The Kier molecular flexibility index (Phi) is 4.07. The molecule has 0 aliphatic heterocycles. The first-order valence-corrected chi connectivity index (χ1v) is 6.41. The maximum absolute atomic E-state index is 13.1. The number of amidine groups is 1. The summed E-state index contributed by atoms with van der Waals surface area (Å²) in [5.74, 6) is -0.0840. The molecule has 0 bridgehead atoms. The Morgan fingerprint density at radius 2 is 1.89 bits per heavy atom. The first kappa shape index (κ1) is 13.8. The molecule has 19 heavy (non-hydrogen) atoms. The van der Waals surface area contributed by atoms with Crippen LogP contribution in [0.4, 0.5) is 4.39 Å². The van der Waals surface area contributed by atoms with Crippen LogP contribution in [-0.2, 0) is 0 Å². The Labute approximate surface area is 122 Å². The van der Waals surface area contributed by atoms with Crippen molar-refractivity contribution in [2.45, 2.75) is 0 Å². The fraction of sp³-hybridized carbons (Fsp3) is 0. The highest BCUT2D eigenvalue weighted by molar-refractivity contribution is 9.10. The normalized spacial score (nSPS) is 10.3. The number of nitrogens with one attached hydrogen (secondary N) is 1. The van der Waals surface area contributed by atoms with E-state index in [0.29, 0.717) is 10.8 Å². The first-order chi connectivity index (χ1) is 8.97. The number of ether oxygens (including phenoxy) is 1. The van der Waals surface area contributed by atoms with E-state index in [2.05, 4.69) is 15.9 Å². The summed E-state index contributed by atoms with van der Waals surface area (Å²) < 4.78 is 19.5. The molecule has 0 aromatic heterocycles. The molecule has 0 atom stereocenters. The molecule has 0 saturated heterocycles. The summed E-state index contributed by atoms with van der Waals surface area (Å²) in [7, 11) is 0. The van der Waals surface area contributed by atoms with E-state index < -0.39 is 5.82 Å². The number of rotatable bonds is 3. The standard InChI is InChI=1S/C13H9BrClFN2O/c14-7-1-3-12(10(15)5-7)19-11-4-2-8(16)6-9(11)13(17)18/h1-6H,(H3,17,18). The van der Waals surface area contributed by atoms with Crippen LogP contribution < -0.4 is 10.5 Å². The molecule has 98 valence electrons. The van der Waals surface area contributed by atoms with Crippen LogP contribution in [0.15, 0.2) is 40.9 Å². The maximum Gasteiger partial charge on any atom is 0.146 e. The van der Waals surface area contributed by atoms with Crippen molar-refractivity contribution in [3.8, 4) is 11.5 Å². The molecular formula is C13H9BrClFN2O. The van der Waals surface area contributed by atoms with Gasteiger partial charge >= 0.3 is 0 Å². The van der Waals surface area contributed by atoms with Crippen molar-refractivity contribution >= 4 is 33.4 Å². The predicted octanol–water partition coefficient (Wildman–Crippen LogP) is 4.32. The molecule has 2 aromatic carbocycles. The van der Waals surface area contributed by atoms with Crippen molar-refractivity contribution in [3.05, 3.63) is 57.3 Å². The monoisotopic (exact) mass is 342 g/mol. The summed E-state index contributed by atoms with van der Waals surface area (Å²) in [6.07, 6.45) is 0. The molecule has 3 nitrogen and oxygen atoms in total. The van der Waals surface area contributed by atoms with Crippen LogP contribution in [0.1, 0.15) is 5.56 Å². The fourth-order valence-electron chi connectivity index (χ4n) is 1.48. The molecule has 6 heteroatoms. The molecule has 0 aliphatic carbocycles. The number of hydrogen-bond acceptors (Lipinski definition) is 2. The van der Waals surface area contributed by atoms with E-state index in [9.17, 15) is 4.39 Å². The molecule has 3 N–H and O–H groups in total. The van der Waals surface area contributed by atoms with Crippen LogP contribution in [-0.4, -0.2) is 5.84 Å². The van der Waals surface area contributed by atoms with Gasteiger partial charge in [0.1, 0.15) is 23.2 Å². The Hall–Kier alpha value is -1.59. The van der Waals surface area contributed by atoms with Gasteiger partial charge in [-0.25, -0.2) is 4.39 Å². The van der Waals surface area contributed by atoms with Gasteiger partial charge in [0.25, 0.3) is 0 Å². The minimum atomic E-state index is -0.487. The van der Waals surface area contributed by atoms with E-state index in [-0.39, 0.29) is 17.1 Å². The average molecular weight is 344 g/mol. The highest BCUT2D eigenvalue weighted by atomic mass is 79.9. The molecule has 0 aliphatic rings. The topological polar surface area (TPSA) is 59.1 Å². The molecule has 2 aromatic rings. The smallest absolute Gasteiger partial charge is 0.146 e. The summed E-state index contributed by atoms with van der Waals surface area (Å²) in [6.45, 7) is 0. The summed E-state index contributed by atoms with van der Waals surface area (Å²) in [5.41, 5.74) is 5.58. The zero-order chi connectivity index (χ0) is 14.0.